The monoisotopic (exact) mass is 367 g/mol. The number of nitrogens with one attached hydrogen (secondary N) is 2. The molecular weight excluding hydrogens is 346 g/mol. The molecule has 1 amide bonds. The van der Waals surface area contributed by atoms with Gasteiger partial charge in [0.2, 0.25) is 0 Å². The number of benzene rings is 1. The summed E-state index contributed by atoms with van der Waals surface area (Å²) in [7, 11) is 1.85. The molecule has 3 aromatic rings. The van der Waals surface area contributed by atoms with Gasteiger partial charge in [0.15, 0.2) is 5.65 Å². The zero-order valence-electron chi connectivity index (χ0n) is 15.0. The minimum absolute atomic E-state index is 0.391. The average Bonchev–Trinajstić information content (AvgIpc) is 3.10. The number of aromatic nitrogens is 3. The molecule has 1 saturated heterocycles. The number of carbonyl (C=O) groups excluding carboxylic acids is 1. The fourth-order valence-corrected chi connectivity index (χ4v) is 3.66. The summed E-state index contributed by atoms with van der Waals surface area (Å²) in [5.74, 6) is -0.391. The lowest BCUT2D eigenvalue weighted by molar-refractivity contribution is -0.139. The number of amides is 1. The zero-order chi connectivity index (χ0) is 18.9. The maximum Gasteiger partial charge on any atom is 0.254 e. The van der Waals surface area contributed by atoms with Crippen LogP contribution in [0.5, 0.6) is 0 Å². The van der Waals surface area contributed by atoms with Gasteiger partial charge in [-0.2, -0.15) is 5.10 Å². The van der Waals surface area contributed by atoms with Gasteiger partial charge in [-0.05, 0) is 36.6 Å². The Morgan fingerprint density at radius 1 is 1.22 bits per heavy atom. The quantitative estimate of drug-likeness (QED) is 0.483. The fraction of sp³-hybridized carbons (Fsp3) is 0.316. The largest absolute Gasteiger partial charge is 0.381 e. The van der Waals surface area contributed by atoms with Crippen molar-refractivity contribution in [3.05, 3.63) is 48.3 Å². The van der Waals surface area contributed by atoms with E-state index in [0.717, 1.165) is 28.0 Å². The van der Waals surface area contributed by atoms with E-state index < -0.39 is 11.3 Å². The summed E-state index contributed by atoms with van der Waals surface area (Å²) < 4.78 is 7.13. The number of ether oxygens (including phenoxy) is 1. The Kier molecular flexibility index (Phi) is 4.51. The van der Waals surface area contributed by atoms with Crippen LogP contribution in [0.25, 0.3) is 11.0 Å². The Labute approximate surface area is 156 Å². The van der Waals surface area contributed by atoms with Crippen molar-refractivity contribution in [1.29, 1.82) is 0 Å². The molecule has 1 aliphatic rings. The second-order valence-corrected chi connectivity index (χ2v) is 6.70. The predicted molar refractivity (Wildman–Crippen MR) is 99.9 cm³/mol. The molecule has 0 bridgehead atoms. The Bertz CT molecular complexity index is 961. The first-order chi connectivity index (χ1) is 13.1. The van der Waals surface area contributed by atoms with Crippen LogP contribution in [0.2, 0.25) is 0 Å². The summed E-state index contributed by atoms with van der Waals surface area (Å²) in [6.45, 7) is 0.979. The smallest absolute Gasteiger partial charge is 0.254 e. The van der Waals surface area contributed by atoms with E-state index in [9.17, 15) is 10.0 Å². The topological polar surface area (TPSA) is 101 Å². The lowest BCUT2D eigenvalue weighted by Gasteiger charge is -2.35. The number of anilines is 2. The number of pyridine rings is 1. The van der Waals surface area contributed by atoms with Gasteiger partial charge in [0.1, 0.15) is 0 Å². The molecule has 0 saturated carbocycles. The van der Waals surface area contributed by atoms with E-state index in [2.05, 4.69) is 15.4 Å². The summed E-state index contributed by atoms with van der Waals surface area (Å²) in [6.07, 6.45) is 4.59. The molecule has 3 N–H and O–H groups in total. The maximum atomic E-state index is 12.4. The van der Waals surface area contributed by atoms with Crippen LogP contribution in [0.1, 0.15) is 18.4 Å². The van der Waals surface area contributed by atoms with Gasteiger partial charge >= 0.3 is 0 Å². The van der Waals surface area contributed by atoms with Crippen molar-refractivity contribution >= 4 is 28.3 Å². The molecule has 0 unspecified atom stereocenters. The van der Waals surface area contributed by atoms with Crippen LogP contribution in [0.4, 0.5) is 11.4 Å². The lowest BCUT2D eigenvalue weighted by atomic mass is 9.73. The summed E-state index contributed by atoms with van der Waals surface area (Å²) in [5.41, 5.74) is 4.53. The number of fused-ring (bicyclic) bond motifs is 1. The first kappa shape index (κ1) is 17.4. The first-order valence-electron chi connectivity index (χ1n) is 8.81. The van der Waals surface area contributed by atoms with Crippen LogP contribution in [0, 0.1) is 0 Å². The minimum atomic E-state index is -0.765. The lowest BCUT2D eigenvalue weighted by Crippen LogP contribution is -2.47. The first-order valence-corrected chi connectivity index (χ1v) is 8.81. The Morgan fingerprint density at radius 2 is 1.96 bits per heavy atom. The van der Waals surface area contributed by atoms with Crippen LogP contribution in [-0.2, 0) is 22.0 Å². The number of hydrogen-bond acceptors (Lipinski definition) is 6. The standard InChI is InChI=1S/C19H21N5O3/c1-24-17-15(12-21-24)16(6-9-20-17)22-14-4-2-13(3-5-14)19(18(25)23-26)7-10-27-11-8-19/h2-6,9,12,26H,7-8,10-11H2,1H3,(H,20,22)(H,23,25). The van der Waals surface area contributed by atoms with Crippen molar-refractivity contribution in [1.82, 2.24) is 20.2 Å². The highest BCUT2D eigenvalue weighted by Crippen LogP contribution is 2.36. The Balaban J connectivity index is 1.62. The van der Waals surface area contributed by atoms with Crippen molar-refractivity contribution in [3.63, 3.8) is 0 Å². The molecular formula is C19H21N5O3. The normalized spacial score (nSPS) is 16.2. The van der Waals surface area contributed by atoms with Gasteiger partial charge < -0.3 is 10.1 Å². The van der Waals surface area contributed by atoms with Crippen molar-refractivity contribution in [2.24, 2.45) is 7.05 Å². The molecule has 8 nitrogen and oxygen atoms in total. The fourth-order valence-electron chi connectivity index (χ4n) is 3.66. The van der Waals surface area contributed by atoms with Gasteiger partial charge in [-0.25, -0.2) is 10.5 Å². The second-order valence-electron chi connectivity index (χ2n) is 6.70. The van der Waals surface area contributed by atoms with E-state index in [0.29, 0.717) is 26.1 Å². The third-order valence-corrected chi connectivity index (χ3v) is 5.23. The number of hydroxylamine groups is 1. The van der Waals surface area contributed by atoms with Gasteiger partial charge in [0.05, 0.1) is 22.7 Å². The number of hydrogen-bond donors (Lipinski definition) is 3. The average molecular weight is 367 g/mol. The van der Waals surface area contributed by atoms with Gasteiger partial charge in [0.25, 0.3) is 5.91 Å². The molecule has 8 heteroatoms. The van der Waals surface area contributed by atoms with Crippen LogP contribution >= 0.6 is 0 Å². The zero-order valence-corrected chi connectivity index (χ0v) is 15.0. The van der Waals surface area contributed by atoms with Crippen LogP contribution in [-0.4, -0.2) is 39.1 Å². The van der Waals surface area contributed by atoms with E-state index in [4.69, 9.17) is 4.74 Å². The molecule has 0 spiro atoms. The van der Waals surface area contributed by atoms with Crippen molar-refractivity contribution in [3.8, 4) is 0 Å². The molecule has 4 rings (SSSR count). The van der Waals surface area contributed by atoms with Gasteiger partial charge in [-0.3, -0.25) is 14.7 Å². The minimum Gasteiger partial charge on any atom is -0.381 e. The van der Waals surface area contributed by atoms with Gasteiger partial charge in [-0.1, -0.05) is 12.1 Å². The SMILES string of the molecule is Cn1ncc2c(Nc3ccc(C4(C(=O)NO)CCOCC4)cc3)ccnc21. The van der Waals surface area contributed by atoms with Crippen LogP contribution in [0.15, 0.2) is 42.7 Å². The highest BCUT2D eigenvalue weighted by atomic mass is 16.5. The van der Waals surface area contributed by atoms with E-state index in [1.54, 1.807) is 17.1 Å². The Hall–Kier alpha value is -2.97. The molecule has 0 radical (unpaired) electrons. The van der Waals surface area contributed by atoms with Crippen LogP contribution < -0.4 is 10.8 Å². The summed E-state index contributed by atoms with van der Waals surface area (Å²) in [4.78, 5) is 16.7. The van der Waals surface area contributed by atoms with Crippen LogP contribution in [0.3, 0.4) is 0 Å². The van der Waals surface area contributed by atoms with E-state index in [-0.39, 0.29) is 0 Å². The third kappa shape index (κ3) is 3.02. The maximum absolute atomic E-state index is 12.4. The summed E-state index contributed by atoms with van der Waals surface area (Å²) >= 11 is 0. The van der Waals surface area contributed by atoms with Crippen molar-refractivity contribution in [2.45, 2.75) is 18.3 Å². The van der Waals surface area contributed by atoms with Crippen molar-refractivity contribution < 1.29 is 14.7 Å². The highest BCUT2D eigenvalue weighted by Gasteiger charge is 2.41. The molecule has 1 aromatic carbocycles. The predicted octanol–water partition coefficient (Wildman–Crippen LogP) is 2.27. The number of aryl methyl sites for hydroxylation is 1. The molecule has 1 fully saturated rings. The van der Waals surface area contributed by atoms with Gasteiger partial charge in [-0.15, -0.1) is 0 Å². The molecule has 0 atom stereocenters. The van der Waals surface area contributed by atoms with E-state index in [1.807, 2.05) is 42.9 Å². The highest BCUT2D eigenvalue weighted by molar-refractivity contribution is 5.91. The second kappa shape index (κ2) is 6.98. The third-order valence-electron chi connectivity index (χ3n) is 5.23. The Morgan fingerprint density at radius 3 is 2.67 bits per heavy atom. The number of rotatable bonds is 4. The molecule has 0 aliphatic carbocycles. The summed E-state index contributed by atoms with van der Waals surface area (Å²) in [6, 6.07) is 9.60. The molecule has 27 heavy (non-hydrogen) atoms. The van der Waals surface area contributed by atoms with Gasteiger partial charge in [0, 0.05) is 32.1 Å². The number of nitrogens with zero attached hydrogens (tertiary/aromatic N) is 3. The molecule has 1 aliphatic heterocycles. The molecule has 140 valence electrons. The van der Waals surface area contributed by atoms with E-state index in [1.165, 1.54) is 0 Å². The molecule has 3 heterocycles. The number of carbonyl (C=O) groups is 1. The molecule has 2 aromatic heterocycles. The summed E-state index contributed by atoms with van der Waals surface area (Å²) in [5, 5.41) is 17.8. The van der Waals surface area contributed by atoms with Crippen molar-refractivity contribution in [2.75, 3.05) is 18.5 Å². The van der Waals surface area contributed by atoms with E-state index >= 15 is 0 Å².